The first-order valence-corrected chi connectivity index (χ1v) is 6.37. The lowest BCUT2D eigenvalue weighted by atomic mass is 9.74. The van der Waals surface area contributed by atoms with Crippen molar-refractivity contribution in [1.29, 1.82) is 0 Å². The van der Waals surface area contributed by atoms with Crippen molar-refractivity contribution in [2.24, 2.45) is 5.92 Å². The molecule has 0 aromatic heterocycles. The Balaban J connectivity index is 2.64. The van der Waals surface area contributed by atoms with Crippen LogP contribution in [0.2, 0.25) is 0 Å². The highest BCUT2D eigenvalue weighted by molar-refractivity contribution is 5.37. The van der Waals surface area contributed by atoms with E-state index in [0.717, 1.165) is 12.0 Å². The largest absolute Gasteiger partial charge is 0.504 e. The summed E-state index contributed by atoms with van der Waals surface area (Å²) in [6.07, 6.45) is 2.30. The smallest absolute Gasteiger partial charge is 0.220 e. The zero-order valence-corrected chi connectivity index (χ0v) is 10.7. The predicted molar refractivity (Wildman–Crippen MR) is 69.6 cm³/mol. The van der Waals surface area contributed by atoms with E-state index in [4.69, 9.17) is 0 Å². The first kappa shape index (κ1) is 12.2. The van der Waals surface area contributed by atoms with Gasteiger partial charge >= 0.3 is 0 Å². The van der Waals surface area contributed by atoms with Crippen molar-refractivity contribution >= 4 is 0 Å². The first-order valence-electron chi connectivity index (χ1n) is 6.37. The molecular formula is C15H20O2. The highest BCUT2D eigenvalue weighted by Crippen LogP contribution is 2.41. The van der Waals surface area contributed by atoms with Crippen molar-refractivity contribution in [2.45, 2.75) is 45.4 Å². The molecule has 2 nitrogen and oxygen atoms in total. The topological polar surface area (TPSA) is 37.3 Å². The van der Waals surface area contributed by atoms with Gasteiger partial charge in [0.05, 0.1) is 0 Å². The van der Waals surface area contributed by atoms with Crippen molar-refractivity contribution in [3.05, 3.63) is 39.5 Å². The van der Waals surface area contributed by atoms with Gasteiger partial charge in [-0.25, -0.2) is 0 Å². The molecule has 17 heavy (non-hydrogen) atoms. The molecule has 0 amide bonds. The van der Waals surface area contributed by atoms with Gasteiger partial charge in [0.1, 0.15) is 0 Å². The third kappa shape index (κ3) is 2.21. The average Bonchev–Trinajstić information content (AvgIpc) is 2.41. The minimum atomic E-state index is -0.262. The Morgan fingerprint density at radius 3 is 2.59 bits per heavy atom. The Hall–Kier alpha value is -1.31. The van der Waals surface area contributed by atoms with Gasteiger partial charge in [0, 0.05) is 0 Å². The van der Waals surface area contributed by atoms with Crippen LogP contribution in [0.3, 0.4) is 0 Å². The summed E-state index contributed by atoms with van der Waals surface area (Å²) >= 11 is 0. The van der Waals surface area contributed by atoms with Crippen molar-refractivity contribution < 1.29 is 5.11 Å². The molecule has 1 aliphatic carbocycles. The summed E-state index contributed by atoms with van der Waals surface area (Å²) in [6, 6.07) is 5.12. The van der Waals surface area contributed by atoms with Crippen LogP contribution in [0.1, 0.15) is 56.6 Å². The van der Waals surface area contributed by atoms with E-state index in [1.165, 1.54) is 12.0 Å². The molecule has 1 aliphatic rings. The summed E-state index contributed by atoms with van der Waals surface area (Å²) in [4.78, 5) is 11.7. The summed E-state index contributed by atoms with van der Waals surface area (Å²) in [5, 5.41) is 9.54. The highest BCUT2D eigenvalue weighted by atomic mass is 16.3. The molecule has 0 saturated heterocycles. The second-order valence-electron chi connectivity index (χ2n) is 5.47. The normalized spacial score (nSPS) is 23.5. The van der Waals surface area contributed by atoms with E-state index >= 15 is 0 Å². The van der Waals surface area contributed by atoms with Gasteiger partial charge in [-0.1, -0.05) is 26.8 Å². The summed E-state index contributed by atoms with van der Waals surface area (Å²) < 4.78 is 0. The molecule has 0 heterocycles. The molecule has 2 rings (SSSR count). The van der Waals surface area contributed by atoms with Crippen LogP contribution < -0.4 is 5.43 Å². The van der Waals surface area contributed by atoms with Crippen LogP contribution in [0.5, 0.6) is 5.75 Å². The second kappa shape index (κ2) is 4.52. The molecule has 1 N–H and O–H groups in total. The van der Waals surface area contributed by atoms with E-state index in [1.807, 2.05) is 6.07 Å². The molecule has 0 unspecified atom stereocenters. The standard InChI is InChI=1S/C15H20O2/c1-9(2)11-5-4-10(3)13-8-15(17)14(16)7-6-12(11)13/h6-11H,4-5H2,1-3H3,(H,16,17)/t10-,11+/m1/s1. The minimum absolute atomic E-state index is 0.144. The number of aromatic hydroxyl groups is 1. The fourth-order valence-corrected chi connectivity index (χ4v) is 2.84. The molecule has 0 fully saturated rings. The van der Waals surface area contributed by atoms with E-state index in [-0.39, 0.29) is 11.2 Å². The summed E-state index contributed by atoms with van der Waals surface area (Å²) in [5.74, 6) is 1.35. The molecule has 0 aliphatic heterocycles. The lowest BCUT2D eigenvalue weighted by Gasteiger charge is -2.31. The zero-order chi connectivity index (χ0) is 12.6. The van der Waals surface area contributed by atoms with Gasteiger partial charge in [0.2, 0.25) is 5.43 Å². The van der Waals surface area contributed by atoms with Crippen LogP contribution in [0.25, 0.3) is 0 Å². The monoisotopic (exact) mass is 232 g/mol. The average molecular weight is 232 g/mol. The summed E-state index contributed by atoms with van der Waals surface area (Å²) in [6.45, 7) is 6.59. The fourth-order valence-electron chi connectivity index (χ4n) is 2.84. The van der Waals surface area contributed by atoms with Gasteiger partial charge in [-0.3, -0.25) is 4.79 Å². The van der Waals surface area contributed by atoms with Crippen LogP contribution >= 0.6 is 0 Å². The quantitative estimate of drug-likeness (QED) is 0.805. The van der Waals surface area contributed by atoms with E-state index in [9.17, 15) is 9.90 Å². The van der Waals surface area contributed by atoms with Gasteiger partial charge in [-0.15, -0.1) is 0 Å². The Labute approximate surface area is 102 Å². The van der Waals surface area contributed by atoms with Crippen molar-refractivity contribution in [1.82, 2.24) is 0 Å². The van der Waals surface area contributed by atoms with Crippen molar-refractivity contribution in [2.75, 3.05) is 0 Å². The third-order valence-corrected chi connectivity index (χ3v) is 3.94. The SMILES string of the molecule is CC(C)[C@@H]1CC[C@@H](C)c2cc(=O)c(O)ccc21. The predicted octanol–water partition coefficient (Wildman–Crippen LogP) is 3.39. The lowest BCUT2D eigenvalue weighted by molar-refractivity contribution is 0.411. The van der Waals surface area contributed by atoms with Gasteiger partial charge in [-0.2, -0.15) is 0 Å². The molecule has 0 spiro atoms. The maximum atomic E-state index is 11.7. The minimum Gasteiger partial charge on any atom is -0.504 e. The van der Waals surface area contributed by atoms with Crippen LogP contribution in [-0.4, -0.2) is 5.11 Å². The van der Waals surface area contributed by atoms with Crippen LogP contribution in [-0.2, 0) is 0 Å². The van der Waals surface area contributed by atoms with Crippen LogP contribution in [0.15, 0.2) is 23.0 Å². The number of rotatable bonds is 1. The zero-order valence-electron chi connectivity index (χ0n) is 10.7. The van der Waals surface area contributed by atoms with Gasteiger partial charge in [-0.05, 0) is 53.9 Å². The Morgan fingerprint density at radius 2 is 1.94 bits per heavy atom. The van der Waals surface area contributed by atoms with E-state index in [0.29, 0.717) is 17.8 Å². The third-order valence-electron chi connectivity index (χ3n) is 3.94. The van der Waals surface area contributed by atoms with Crippen LogP contribution in [0.4, 0.5) is 0 Å². The summed E-state index contributed by atoms with van der Waals surface area (Å²) in [5.41, 5.74) is 2.11. The first-order chi connectivity index (χ1) is 8.00. The molecule has 2 atom stereocenters. The lowest BCUT2D eigenvalue weighted by Crippen LogP contribution is -2.16. The Bertz CT molecular complexity index is 477. The van der Waals surface area contributed by atoms with E-state index < -0.39 is 0 Å². The number of hydrogen-bond acceptors (Lipinski definition) is 2. The van der Waals surface area contributed by atoms with Gasteiger partial charge in [0.25, 0.3) is 0 Å². The molecular weight excluding hydrogens is 212 g/mol. The molecule has 0 radical (unpaired) electrons. The Kier molecular flexibility index (Phi) is 3.23. The van der Waals surface area contributed by atoms with Crippen molar-refractivity contribution in [3.63, 3.8) is 0 Å². The van der Waals surface area contributed by atoms with Gasteiger partial charge < -0.3 is 5.11 Å². The van der Waals surface area contributed by atoms with Crippen LogP contribution in [0, 0.1) is 5.92 Å². The van der Waals surface area contributed by atoms with E-state index in [2.05, 4.69) is 20.8 Å². The molecule has 0 bridgehead atoms. The second-order valence-corrected chi connectivity index (χ2v) is 5.47. The molecule has 1 aromatic rings. The Morgan fingerprint density at radius 1 is 1.24 bits per heavy atom. The molecule has 0 saturated carbocycles. The molecule has 92 valence electrons. The highest BCUT2D eigenvalue weighted by Gasteiger charge is 2.26. The maximum absolute atomic E-state index is 11.7. The molecule has 1 aromatic carbocycles. The number of fused-ring (bicyclic) bond motifs is 1. The summed E-state index contributed by atoms with van der Waals surface area (Å²) in [7, 11) is 0. The van der Waals surface area contributed by atoms with Crippen molar-refractivity contribution in [3.8, 4) is 5.75 Å². The fraction of sp³-hybridized carbons (Fsp3) is 0.533. The van der Waals surface area contributed by atoms with Gasteiger partial charge in [0.15, 0.2) is 5.75 Å². The van der Waals surface area contributed by atoms with E-state index in [1.54, 1.807) is 12.1 Å². The molecule has 2 heteroatoms. The number of hydrogen-bond donors (Lipinski definition) is 1. The maximum Gasteiger partial charge on any atom is 0.220 e.